The molecule has 10 nitrogen and oxygen atoms in total. The van der Waals surface area contributed by atoms with Crippen molar-refractivity contribution in [2.45, 2.75) is 30.0 Å². The largest absolute Gasteiger partial charge is 0.495 e. The molecule has 2 aromatic rings. The third kappa shape index (κ3) is 4.82. The maximum atomic E-state index is 13.3. The van der Waals surface area contributed by atoms with Crippen LogP contribution in [0.2, 0.25) is 0 Å². The smallest absolute Gasteiger partial charge is 0.239 e. The van der Waals surface area contributed by atoms with Gasteiger partial charge in [0.25, 0.3) is 0 Å². The number of hydrogen-bond acceptors (Lipinski definition) is 9. The SMILES string of the molecule is COc1ccc(C)cc1S(=O)(=O)[C@H]1CS(=O)(=O)C[C@@H]1NCC(=O)Nc1cc(C)on1. The van der Waals surface area contributed by atoms with E-state index in [1.54, 1.807) is 19.9 Å². The zero-order valence-corrected chi connectivity index (χ0v) is 18.3. The maximum absolute atomic E-state index is 13.3. The summed E-state index contributed by atoms with van der Waals surface area (Å²) in [5.74, 6) is -0.555. The Kier molecular flexibility index (Phi) is 6.20. The van der Waals surface area contributed by atoms with Crippen LogP contribution < -0.4 is 15.4 Å². The second kappa shape index (κ2) is 8.36. The van der Waals surface area contributed by atoms with Crippen molar-refractivity contribution in [3.05, 3.63) is 35.6 Å². The van der Waals surface area contributed by atoms with Crippen molar-refractivity contribution >= 4 is 31.4 Å². The highest BCUT2D eigenvalue weighted by molar-refractivity contribution is 7.96. The number of aromatic nitrogens is 1. The zero-order chi connectivity index (χ0) is 22.1. The van der Waals surface area contributed by atoms with Crippen LogP contribution in [0.5, 0.6) is 5.75 Å². The van der Waals surface area contributed by atoms with Crippen molar-refractivity contribution in [1.82, 2.24) is 10.5 Å². The van der Waals surface area contributed by atoms with Gasteiger partial charge in [-0.15, -0.1) is 0 Å². The Morgan fingerprint density at radius 1 is 1.27 bits per heavy atom. The molecule has 1 fully saturated rings. The van der Waals surface area contributed by atoms with Crippen LogP contribution >= 0.6 is 0 Å². The number of carbonyl (C=O) groups is 1. The Morgan fingerprint density at radius 3 is 2.63 bits per heavy atom. The molecule has 0 bridgehead atoms. The molecule has 1 aliphatic rings. The highest BCUT2D eigenvalue weighted by Crippen LogP contribution is 2.32. The minimum Gasteiger partial charge on any atom is -0.495 e. The second-order valence-corrected chi connectivity index (χ2v) is 11.5. The lowest BCUT2D eigenvalue weighted by Gasteiger charge is -2.21. The van der Waals surface area contributed by atoms with E-state index in [1.165, 1.54) is 25.3 Å². The Labute approximate surface area is 174 Å². The fraction of sp³-hybridized carbons (Fsp3) is 0.444. The summed E-state index contributed by atoms with van der Waals surface area (Å²) >= 11 is 0. The van der Waals surface area contributed by atoms with E-state index in [0.717, 1.165) is 0 Å². The van der Waals surface area contributed by atoms with Gasteiger partial charge in [-0.25, -0.2) is 16.8 Å². The number of amides is 1. The first-order valence-corrected chi connectivity index (χ1v) is 12.4. The summed E-state index contributed by atoms with van der Waals surface area (Å²) in [6.45, 7) is 3.11. The van der Waals surface area contributed by atoms with Crippen molar-refractivity contribution in [3.63, 3.8) is 0 Å². The Morgan fingerprint density at radius 2 is 2.00 bits per heavy atom. The van der Waals surface area contributed by atoms with Gasteiger partial charge < -0.3 is 19.9 Å². The average Bonchev–Trinajstić information content (AvgIpc) is 3.22. The molecule has 2 atom stereocenters. The molecule has 3 rings (SSSR count). The van der Waals surface area contributed by atoms with Crippen molar-refractivity contribution < 1.29 is 30.9 Å². The highest BCUT2D eigenvalue weighted by atomic mass is 32.2. The molecule has 164 valence electrons. The van der Waals surface area contributed by atoms with Crippen molar-refractivity contribution in [2.75, 3.05) is 30.5 Å². The van der Waals surface area contributed by atoms with E-state index in [2.05, 4.69) is 15.8 Å². The monoisotopic (exact) mass is 457 g/mol. The summed E-state index contributed by atoms with van der Waals surface area (Å²) in [6.07, 6.45) is 0. The van der Waals surface area contributed by atoms with Crippen molar-refractivity contribution in [3.8, 4) is 5.75 Å². The van der Waals surface area contributed by atoms with Gasteiger partial charge in [-0.2, -0.15) is 0 Å². The standard InChI is InChI=1S/C18H23N3O7S2/c1-11-4-5-14(27-3)15(6-11)30(25,26)16-10-29(23,24)9-13(16)19-8-18(22)20-17-7-12(2)28-21-17/h4-7,13,16,19H,8-10H2,1-3H3,(H,20,21,22)/t13-,16-/m0/s1. The summed E-state index contributed by atoms with van der Waals surface area (Å²) in [6, 6.07) is 5.26. The van der Waals surface area contributed by atoms with Crippen LogP contribution in [0.4, 0.5) is 5.82 Å². The van der Waals surface area contributed by atoms with E-state index in [-0.39, 0.29) is 28.8 Å². The number of nitrogens with zero attached hydrogens (tertiary/aromatic N) is 1. The van der Waals surface area contributed by atoms with E-state index in [4.69, 9.17) is 9.26 Å². The van der Waals surface area contributed by atoms with Crippen LogP contribution in [0.25, 0.3) is 0 Å². The molecule has 2 heterocycles. The number of rotatable bonds is 7. The van der Waals surface area contributed by atoms with Gasteiger partial charge in [0, 0.05) is 12.1 Å². The van der Waals surface area contributed by atoms with Crippen molar-refractivity contribution in [1.29, 1.82) is 0 Å². The molecule has 0 unspecified atom stereocenters. The van der Waals surface area contributed by atoms with Gasteiger partial charge in [-0.05, 0) is 31.5 Å². The molecule has 1 saturated heterocycles. The number of anilines is 1. The number of nitrogens with one attached hydrogen (secondary N) is 2. The summed E-state index contributed by atoms with van der Waals surface area (Å²) < 4.78 is 61.1. The molecular formula is C18H23N3O7S2. The van der Waals surface area contributed by atoms with Crippen LogP contribution in [0.15, 0.2) is 33.7 Å². The molecule has 12 heteroatoms. The fourth-order valence-electron chi connectivity index (χ4n) is 3.32. The summed E-state index contributed by atoms with van der Waals surface area (Å²) in [7, 11) is -6.32. The first-order chi connectivity index (χ1) is 14.0. The lowest BCUT2D eigenvalue weighted by molar-refractivity contribution is -0.115. The first-order valence-electron chi connectivity index (χ1n) is 9.07. The van der Waals surface area contributed by atoms with Crippen LogP contribution in [0, 0.1) is 13.8 Å². The fourth-order valence-corrected chi connectivity index (χ4v) is 8.28. The quantitative estimate of drug-likeness (QED) is 0.606. The molecule has 0 aliphatic carbocycles. The van der Waals surface area contributed by atoms with Crippen LogP contribution in [-0.4, -0.2) is 64.4 Å². The lowest BCUT2D eigenvalue weighted by atomic mass is 10.2. The normalized spacial score (nSPS) is 20.8. The van der Waals surface area contributed by atoms with Crippen molar-refractivity contribution in [2.24, 2.45) is 0 Å². The molecule has 1 aromatic heterocycles. The summed E-state index contributed by atoms with van der Waals surface area (Å²) in [5, 5.41) is 7.66. The number of benzene rings is 1. The molecule has 0 spiro atoms. The van der Waals surface area contributed by atoms with Crippen LogP contribution in [0.3, 0.4) is 0 Å². The van der Waals surface area contributed by atoms with E-state index < -0.39 is 42.6 Å². The van der Waals surface area contributed by atoms with E-state index >= 15 is 0 Å². The number of hydrogen-bond donors (Lipinski definition) is 2. The number of carbonyl (C=O) groups excluding carboxylic acids is 1. The van der Waals surface area contributed by atoms with E-state index in [0.29, 0.717) is 11.3 Å². The highest BCUT2D eigenvalue weighted by Gasteiger charge is 2.46. The Balaban J connectivity index is 1.80. The molecule has 0 saturated carbocycles. The van der Waals surface area contributed by atoms with Gasteiger partial charge in [0.05, 0.1) is 30.4 Å². The number of aryl methyl sites for hydroxylation is 2. The maximum Gasteiger partial charge on any atom is 0.239 e. The molecule has 1 aliphatic heterocycles. The zero-order valence-electron chi connectivity index (χ0n) is 16.7. The molecule has 0 radical (unpaired) electrons. The minimum atomic E-state index is -4.05. The van der Waals surface area contributed by atoms with Gasteiger partial charge in [-0.1, -0.05) is 11.2 Å². The van der Waals surface area contributed by atoms with Gasteiger partial charge in [0.15, 0.2) is 25.5 Å². The van der Waals surface area contributed by atoms with Gasteiger partial charge in [0.2, 0.25) is 5.91 Å². The van der Waals surface area contributed by atoms with Crippen LogP contribution in [-0.2, 0) is 24.5 Å². The Hall–Kier alpha value is -2.44. The molecule has 30 heavy (non-hydrogen) atoms. The molecule has 2 N–H and O–H groups in total. The minimum absolute atomic E-state index is 0.0681. The first kappa shape index (κ1) is 22.2. The van der Waals surface area contributed by atoms with E-state index in [9.17, 15) is 21.6 Å². The van der Waals surface area contributed by atoms with Gasteiger partial charge in [0.1, 0.15) is 16.4 Å². The molecular weight excluding hydrogens is 434 g/mol. The molecule has 1 amide bonds. The third-order valence-electron chi connectivity index (χ3n) is 4.74. The second-order valence-electron chi connectivity index (χ2n) is 7.17. The Bertz CT molecular complexity index is 1160. The van der Waals surface area contributed by atoms with Gasteiger partial charge >= 0.3 is 0 Å². The van der Waals surface area contributed by atoms with E-state index in [1.807, 2.05) is 0 Å². The molecule has 1 aromatic carbocycles. The van der Waals surface area contributed by atoms with Gasteiger partial charge in [-0.3, -0.25) is 4.79 Å². The summed E-state index contributed by atoms with van der Waals surface area (Å²) in [4.78, 5) is 12.1. The lowest BCUT2D eigenvalue weighted by Crippen LogP contribution is -2.46. The topological polar surface area (TPSA) is 145 Å². The predicted octanol–water partition coefficient (Wildman–Crippen LogP) is 0.468. The summed E-state index contributed by atoms with van der Waals surface area (Å²) in [5.41, 5.74) is 0.696. The predicted molar refractivity (Wildman–Crippen MR) is 109 cm³/mol. The van der Waals surface area contributed by atoms with Crippen LogP contribution in [0.1, 0.15) is 11.3 Å². The number of sulfone groups is 2. The number of ether oxygens (including phenoxy) is 1. The third-order valence-corrected chi connectivity index (χ3v) is 8.91. The average molecular weight is 458 g/mol. The number of methoxy groups -OCH3 is 1.